The number of nitrogens with one attached hydrogen (secondary N) is 1. The lowest BCUT2D eigenvalue weighted by molar-refractivity contribution is 0.0956. The molecule has 0 aromatic heterocycles. The van der Waals surface area contributed by atoms with Gasteiger partial charge in [-0.15, -0.1) is 11.6 Å². The molecule has 0 unspecified atom stereocenters. The van der Waals surface area contributed by atoms with Crippen molar-refractivity contribution in [3.8, 4) is 0 Å². The highest BCUT2D eigenvalue weighted by Gasteiger charge is 2.16. The molecule has 3 nitrogen and oxygen atoms in total. The van der Waals surface area contributed by atoms with Crippen LogP contribution in [0.25, 0.3) is 0 Å². The van der Waals surface area contributed by atoms with E-state index in [0.29, 0.717) is 17.7 Å². The Morgan fingerprint density at radius 2 is 2.25 bits per heavy atom. The molecule has 84 valence electrons. The maximum atomic E-state index is 11.7. The lowest BCUT2D eigenvalue weighted by Crippen LogP contribution is -2.22. The Labute approximate surface area is 98.8 Å². The van der Waals surface area contributed by atoms with Crippen molar-refractivity contribution in [1.29, 1.82) is 0 Å². The average molecular weight is 238 g/mol. The fourth-order valence-electron chi connectivity index (χ4n) is 1.83. The minimum absolute atomic E-state index is 0.0552. The van der Waals surface area contributed by atoms with Crippen LogP contribution in [-0.4, -0.2) is 24.1 Å². The Morgan fingerprint density at radius 1 is 1.44 bits per heavy atom. The Kier molecular flexibility index (Phi) is 3.25. The molecule has 1 N–H and O–H groups in total. The first kappa shape index (κ1) is 11.1. The molecule has 16 heavy (non-hydrogen) atoms. The number of benzene rings is 1. The third-order valence-electron chi connectivity index (χ3n) is 2.71. The molecule has 0 aliphatic carbocycles. The summed E-state index contributed by atoms with van der Waals surface area (Å²) in [6, 6.07) is 5.23. The van der Waals surface area contributed by atoms with Crippen LogP contribution in [0.4, 0.5) is 0 Å². The number of halogens is 1. The van der Waals surface area contributed by atoms with Gasteiger partial charge in [0.1, 0.15) is 0 Å². The maximum absolute atomic E-state index is 11.7. The van der Waals surface area contributed by atoms with Crippen LogP contribution in [0, 0.1) is 0 Å². The molecule has 1 aliphatic rings. The lowest BCUT2D eigenvalue weighted by Gasteiger charge is -2.06. The van der Waals surface area contributed by atoms with Crippen molar-refractivity contribution in [1.82, 2.24) is 5.32 Å². The summed E-state index contributed by atoms with van der Waals surface area (Å²) in [5.74, 6) is -0.307. The highest BCUT2D eigenvalue weighted by molar-refractivity contribution is 6.30. The van der Waals surface area contributed by atoms with Gasteiger partial charge in [-0.05, 0) is 24.5 Å². The van der Waals surface area contributed by atoms with Crippen LogP contribution in [0.15, 0.2) is 18.2 Å². The molecule has 4 heteroatoms. The van der Waals surface area contributed by atoms with Gasteiger partial charge >= 0.3 is 0 Å². The monoisotopic (exact) mass is 237 g/mol. The molecular weight excluding hydrogens is 226 g/mol. The molecule has 0 radical (unpaired) electrons. The second-order valence-corrected chi connectivity index (χ2v) is 4.06. The van der Waals surface area contributed by atoms with E-state index in [1.807, 2.05) is 6.07 Å². The first-order valence-electron chi connectivity index (χ1n) is 5.22. The van der Waals surface area contributed by atoms with E-state index < -0.39 is 0 Å². The maximum Gasteiger partial charge on any atom is 0.251 e. The highest BCUT2D eigenvalue weighted by atomic mass is 35.5. The van der Waals surface area contributed by atoms with Crippen molar-refractivity contribution in [2.24, 2.45) is 0 Å². The van der Waals surface area contributed by atoms with E-state index in [1.54, 1.807) is 12.1 Å². The lowest BCUT2D eigenvalue weighted by atomic mass is 9.99. The van der Waals surface area contributed by atoms with Crippen molar-refractivity contribution >= 4 is 23.3 Å². The smallest absolute Gasteiger partial charge is 0.251 e. The number of amides is 1. The van der Waals surface area contributed by atoms with Crippen molar-refractivity contribution in [2.75, 3.05) is 12.4 Å². The third kappa shape index (κ3) is 2.09. The summed E-state index contributed by atoms with van der Waals surface area (Å²) in [7, 11) is 0. The van der Waals surface area contributed by atoms with E-state index in [4.69, 9.17) is 11.6 Å². The molecule has 1 aromatic carbocycles. The topological polar surface area (TPSA) is 46.2 Å². The quantitative estimate of drug-likeness (QED) is 0.630. The Balaban J connectivity index is 2.43. The Hall–Kier alpha value is -1.35. The summed E-state index contributed by atoms with van der Waals surface area (Å²) in [6.07, 6.45) is 1.80. The molecule has 0 saturated carbocycles. The summed E-state index contributed by atoms with van der Waals surface area (Å²) in [4.78, 5) is 23.1. The third-order valence-corrected chi connectivity index (χ3v) is 2.95. The zero-order valence-electron chi connectivity index (χ0n) is 8.75. The number of alkyl halides is 1. The number of fused-ring (bicyclic) bond motifs is 1. The number of aryl methyl sites for hydroxylation is 1. The minimum Gasteiger partial charge on any atom is -0.352 e. The second kappa shape index (κ2) is 4.66. The van der Waals surface area contributed by atoms with E-state index in [1.165, 1.54) is 0 Å². The number of carbonyl (C=O) groups excluding carboxylic acids is 2. The van der Waals surface area contributed by atoms with Crippen molar-refractivity contribution < 1.29 is 9.59 Å². The van der Waals surface area contributed by atoms with E-state index >= 15 is 0 Å². The minimum atomic E-state index is -0.151. The molecule has 1 aliphatic heterocycles. The number of hydrogen-bond donors (Lipinski definition) is 1. The van der Waals surface area contributed by atoms with Gasteiger partial charge in [0.15, 0.2) is 5.78 Å². The molecule has 2 rings (SSSR count). The molecule has 1 amide bonds. The summed E-state index contributed by atoms with van der Waals surface area (Å²) >= 11 is 5.49. The van der Waals surface area contributed by atoms with Gasteiger partial charge in [-0.1, -0.05) is 12.1 Å². The van der Waals surface area contributed by atoms with Crippen molar-refractivity contribution in [2.45, 2.75) is 12.8 Å². The van der Waals surface area contributed by atoms with Crippen LogP contribution in [0.1, 0.15) is 32.7 Å². The average Bonchev–Trinajstić information content (AvgIpc) is 2.50. The number of rotatable bonds is 2. The van der Waals surface area contributed by atoms with Crippen LogP contribution in [0.2, 0.25) is 0 Å². The van der Waals surface area contributed by atoms with Crippen molar-refractivity contribution in [3.63, 3.8) is 0 Å². The summed E-state index contributed by atoms with van der Waals surface area (Å²) in [6.45, 7) is 0.687. The van der Waals surface area contributed by atoms with E-state index in [2.05, 4.69) is 5.32 Å². The SMILES string of the molecule is O=C(CCl)c1ccc2c(c1)C(=O)NCCC2. The van der Waals surface area contributed by atoms with Crippen LogP contribution >= 0.6 is 11.6 Å². The van der Waals surface area contributed by atoms with Gasteiger partial charge in [0, 0.05) is 17.7 Å². The zero-order chi connectivity index (χ0) is 11.5. The predicted octanol–water partition coefficient (Wildman–Crippen LogP) is 1.78. The Bertz CT molecular complexity index is 443. The van der Waals surface area contributed by atoms with E-state index in [9.17, 15) is 9.59 Å². The number of carbonyl (C=O) groups is 2. The van der Waals surface area contributed by atoms with Gasteiger partial charge in [-0.2, -0.15) is 0 Å². The largest absolute Gasteiger partial charge is 0.352 e. The molecule has 0 saturated heterocycles. The fourth-order valence-corrected chi connectivity index (χ4v) is 1.99. The summed E-state index contributed by atoms with van der Waals surface area (Å²) in [5, 5.41) is 2.80. The van der Waals surface area contributed by atoms with Crippen LogP contribution in [0.3, 0.4) is 0 Å². The summed E-state index contributed by atoms with van der Waals surface area (Å²) < 4.78 is 0. The predicted molar refractivity (Wildman–Crippen MR) is 62.1 cm³/mol. The van der Waals surface area contributed by atoms with E-state index in [0.717, 1.165) is 18.4 Å². The number of ketones is 1. The Morgan fingerprint density at radius 3 is 3.00 bits per heavy atom. The molecule has 0 bridgehead atoms. The normalized spacial score (nSPS) is 14.9. The van der Waals surface area contributed by atoms with Crippen LogP contribution in [-0.2, 0) is 6.42 Å². The molecule has 0 spiro atoms. The van der Waals surface area contributed by atoms with Gasteiger partial charge in [-0.25, -0.2) is 0 Å². The fraction of sp³-hybridized carbons (Fsp3) is 0.333. The highest BCUT2D eigenvalue weighted by Crippen LogP contribution is 2.17. The molecule has 1 aromatic rings. The molecule has 1 heterocycles. The van der Waals surface area contributed by atoms with Crippen LogP contribution in [0.5, 0.6) is 0 Å². The van der Waals surface area contributed by atoms with Gasteiger partial charge in [0.2, 0.25) is 0 Å². The second-order valence-electron chi connectivity index (χ2n) is 3.79. The summed E-state index contributed by atoms with van der Waals surface area (Å²) in [5.41, 5.74) is 2.11. The number of Topliss-reactive ketones (excluding diaryl/α,β-unsaturated/α-hetero) is 1. The first-order valence-corrected chi connectivity index (χ1v) is 5.76. The van der Waals surface area contributed by atoms with Crippen LogP contribution < -0.4 is 5.32 Å². The number of hydrogen-bond acceptors (Lipinski definition) is 2. The first-order chi connectivity index (χ1) is 7.72. The van der Waals surface area contributed by atoms with Gasteiger partial charge in [-0.3, -0.25) is 9.59 Å². The molecule has 0 fully saturated rings. The molecular formula is C12H12ClNO2. The standard InChI is InChI=1S/C12H12ClNO2/c13-7-11(15)9-4-3-8-2-1-5-14-12(16)10(8)6-9/h3-4,6H,1-2,5,7H2,(H,14,16). The van der Waals surface area contributed by atoms with Gasteiger partial charge in [0.05, 0.1) is 5.88 Å². The van der Waals surface area contributed by atoms with E-state index in [-0.39, 0.29) is 17.6 Å². The van der Waals surface area contributed by atoms with Gasteiger partial charge in [0.25, 0.3) is 5.91 Å². The zero-order valence-corrected chi connectivity index (χ0v) is 9.51. The van der Waals surface area contributed by atoms with Crippen molar-refractivity contribution in [3.05, 3.63) is 34.9 Å². The molecule has 0 atom stereocenters. The van der Waals surface area contributed by atoms with Gasteiger partial charge < -0.3 is 5.32 Å².